The van der Waals surface area contributed by atoms with Gasteiger partial charge in [-0.25, -0.2) is 12.7 Å². The van der Waals surface area contributed by atoms with Gasteiger partial charge in [0.1, 0.15) is 11.9 Å². The number of nitrogens with one attached hydrogen (secondary N) is 1. The van der Waals surface area contributed by atoms with Crippen molar-refractivity contribution in [3.63, 3.8) is 0 Å². The number of fused-ring (bicyclic) bond motifs is 1. The summed E-state index contributed by atoms with van der Waals surface area (Å²) >= 11 is 0. The van der Waals surface area contributed by atoms with Gasteiger partial charge in [0.15, 0.2) is 0 Å². The Labute approximate surface area is 196 Å². The van der Waals surface area contributed by atoms with Crippen molar-refractivity contribution in [2.75, 3.05) is 38.3 Å². The molecule has 2 rings (SSSR count). The van der Waals surface area contributed by atoms with Crippen molar-refractivity contribution in [1.29, 1.82) is 0 Å². The number of halogens is 3. The molecule has 0 unspecified atom stereocenters. The molecule has 1 heterocycles. The number of sulfonamides is 1. The minimum atomic E-state index is -4.47. The second-order valence-corrected chi connectivity index (χ2v) is 10.6. The zero-order chi connectivity index (χ0) is 25.8. The number of carbonyl (C=O) groups excluding carboxylic acids is 2. The standard InChI is InChI=1S/C21H30F3N3O6S/c1-13-10-27(14(2)12-28)20(30)16-9-15(25-19(29)7-8-21(22,23)24)5-6-17(16)33-18(13)11-26(3)34(4,31)32/h5-6,9,13-14,18,28H,7-8,10-12H2,1-4H3,(H,25,29)/t13-,14+,18-/m0/s1. The van der Waals surface area contributed by atoms with Gasteiger partial charge in [0, 0.05) is 31.6 Å². The largest absolute Gasteiger partial charge is 0.488 e. The molecular weight excluding hydrogens is 479 g/mol. The van der Waals surface area contributed by atoms with E-state index < -0.39 is 53.0 Å². The maximum absolute atomic E-state index is 13.3. The number of amides is 2. The van der Waals surface area contributed by atoms with Crippen molar-refractivity contribution in [3.05, 3.63) is 23.8 Å². The van der Waals surface area contributed by atoms with E-state index in [1.807, 2.05) is 0 Å². The molecule has 2 amide bonds. The Balaban J connectivity index is 2.39. The molecular formula is C21H30F3N3O6S. The number of ether oxygens (including phenoxy) is 1. The lowest BCUT2D eigenvalue weighted by Gasteiger charge is -2.38. The van der Waals surface area contributed by atoms with E-state index in [4.69, 9.17) is 4.74 Å². The van der Waals surface area contributed by atoms with E-state index >= 15 is 0 Å². The summed E-state index contributed by atoms with van der Waals surface area (Å²) < 4.78 is 68.1. The fourth-order valence-corrected chi connectivity index (χ4v) is 3.80. The highest BCUT2D eigenvalue weighted by Gasteiger charge is 2.34. The Kier molecular flexibility index (Phi) is 8.94. The molecule has 0 saturated heterocycles. The minimum Gasteiger partial charge on any atom is -0.488 e. The molecule has 2 N–H and O–H groups in total. The summed E-state index contributed by atoms with van der Waals surface area (Å²) in [5, 5.41) is 12.0. The second kappa shape index (κ2) is 10.9. The Hall–Kier alpha value is -2.38. The quantitative estimate of drug-likeness (QED) is 0.554. The van der Waals surface area contributed by atoms with Crippen molar-refractivity contribution < 1.29 is 41.0 Å². The maximum Gasteiger partial charge on any atom is 0.389 e. The molecule has 0 spiro atoms. The Bertz CT molecular complexity index is 1000. The van der Waals surface area contributed by atoms with E-state index in [1.165, 1.54) is 30.1 Å². The summed E-state index contributed by atoms with van der Waals surface area (Å²) in [7, 11) is -2.09. The molecule has 34 heavy (non-hydrogen) atoms. The number of rotatable bonds is 8. The van der Waals surface area contributed by atoms with Crippen LogP contribution in [0.15, 0.2) is 18.2 Å². The number of carbonyl (C=O) groups is 2. The minimum absolute atomic E-state index is 0.00487. The molecule has 13 heteroatoms. The summed E-state index contributed by atoms with van der Waals surface area (Å²) in [5.74, 6) is -1.54. The Morgan fingerprint density at radius 2 is 2.03 bits per heavy atom. The first-order valence-electron chi connectivity index (χ1n) is 10.6. The lowest BCUT2D eigenvalue weighted by molar-refractivity contribution is -0.142. The Morgan fingerprint density at radius 1 is 1.38 bits per heavy atom. The average molecular weight is 510 g/mol. The van der Waals surface area contributed by atoms with Crippen molar-refractivity contribution in [2.45, 2.75) is 45.0 Å². The topological polar surface area (TPSA) is 116 Å². The van der Waals surface area contributed by atoms with Crippen LogP contribution in [0.25, 0.3) is 0 Å². The molecule has 0 fully saturated rings. The van der Waals surface area contributed by atoms with E-state index in [0.717, 1.165) is 10.6 Å². The van der Waals surface area contributed by atoms with Crippen LogP contribution < -0.4 is 10.1 Å². The van der Waals surface area contributed by atoms with Crippen LogP contribution in [-0.4, -0.2) is 85.9 Å². The summed E-state index contributed by atoms with van der Waals surface area (Å²) in [6.45, 7) is 3.28. The van der Waals surface area contributed by atoms with Gasteiger partial charge in [0.2, 0.25) is 15.9 Å². The van der Waals surface area contributed by atoms with Gasteiger partial charge in [0.05, 0.1) is 37.4 Å². The first-order chi connectivity index (χ1) is 15.6. The number of alkyl halides is 3. The predicted octanol–water partition coefficient (Wildman–Crippen LogP) is 2.08. The highest BCUT2D eigenvalue weighted by atomic mass is 32.2. The molecule has 192 valence electrons. The normalized spacial score (nSPS) is 20.3. The van der Waals surface area contributed by atoms with Crippen LogP contribution in [0.1, 0.15) is 37.0 Å². The van der Waals surface area contributed by atoms with E-state index in [1.54, 1.807) is 13.8 Å². The maximum atomic E-state index is 13.3. The van der Waals surface area contributed by atoms with Gasteiger partial charge < -0.3 is 20.1 Å². The molecule has 0 aromatic heterocycles. The SMILES string of the molecule is C[C@H](CO)N1C[C@H](C)[C@H](CN(C)S(C)(=O)=O)Oc2ccc(NC(=O)CCC(F)(F)F)cc2C1=O. The fraction of sp³-hybridized carbons (Fsp3) is 0.619. The summed E-state index contributed by atoms with van der Waals surface area (Å²) in [4.78, 5) is 26.6. The number of aliphatic hydroxyl groups is 1. The number of benzene rings is 1. The first kappa shape index (κ1) is 27.9. The van der Waals surface area contributed by atoms with Crippen molar-refractivity contribution in [3.8, 4) is 5.75 Å². The third-order valence-electron chi connectivity index (χ3n) is 5.59. The van der Waals surface area contributed by atoms with Gasteiger partial charge >= 0.3 is 6.18 Å². The van der Waals surface area contributed by atoms with Gasteiger partial charge in [-0.1, -0.05) is 6.92 Å². The summed E-state index contributed by atoms with van der Waals surface area (Å²) in [5.41, 5.74) is 0.144. The lowest BCUT2D eigenvalue weighted by Crippen LogP contribution is -2.50. The Morgan fingerprint density at radius 3 is 2.59 bits per heavy atom. The number of nitrogens with zero attached hydrogens (tertiary/aromatic N) is 2. The van der Waals surface area contributed by atoms with Crippen molar-refractivity contribution >= 4 is 27.5 Å². The summed E-state index contributed by atoms with van der Waals surface area (Å²) in [6, 6.07) is 3.52. The fourth-order valence-electron chi connectivity index (χ4n) is 3.39. The van der Waals surface area contributed by atoms with Crippen LogP contribution >= 0.6 is 0 Å². The number of likely N-dealkylation sites (N-methyl/N-ethyl adjacent to an activating group) is 1. The zero-order valence-electron chi connectivity index (χ0n) is 19.4. The predicted molar refractivity (Wildman–Crippen MR) is 119 cm³/mol. The highest BCUT2D eigenvalue weighted by Crippen LogP contribution is 2.31. The third kappa shape index (κ3) is 7.57. The molecule has 9 nitrogen and oxygen atoms in total. The third-order valence-corrected chi connectivity index (χ3v) is 6.87. The molecule has 1 aliphatic rings. The molecule has 0 radical (unpaired) electrons. The summed E-state index contributed by atoms with van der Waals surface area (Å²) in [6.07, 6.45) is -6.10. The van der Waals surface area contributed by atoms with Gasteiger partial charge in [-0.2, -0.15) is 13.2 Å². The number of aliphatic hydroxyl groups excluding tert-OH is 1. The smallest absolute Gasteiger partial charge is 0.389 e. The monoisotopic (exact) mass is 509 g/mol. The second-order valence-electron chi connectivity index (χ2n) is 8.54. The highest BCUT2D eigenvalue weighted by molar-refractivity contribution is 7.88. The van der Waals surface area contributed by atoms with Crippen LogP contribution in [0.5, 0.6) is 5.75 Å². The number of anilines is 1. The molecule has 1 aliphatic heterocycles. The van der Waals surface area contributed by atoms with Crippen molar-refractivity contribution in [2.24, 2.45) is 5.92 Å². The number of hydrogen-bond donors (Lipinski definition) is 2. The molecule has 1 aromatic rings. The van der Waals surface area contributed by atoms with Gasteiger partial charge in [-0.15, -0.1) is 0 Å². The average Bonchev–Trinajstić information content (AvgIpc) is 2.73. The van der Waals surface area contributed by atoms with Gasteiger partial charge in [-0.3, -0.25) is 9.59 Å². The molecule has 3 atom stereocenters. The van der Waals surface area contributed by atoms with Gasteiger partial charge in [-0.05, 0) is 25.1 Å². The van der Waals surface area contributed by atoms with Crippen LogP contribution in [0.4, 0.5) is 18.9 Å². The number of hydrogen-bond acceptors (Lipinski definition) is 6. The molecule has 0 aliphatic carbocycles. The molecule has 1 aromatic carbocycles. The van der Waals surface area contributed by atoms with E-state index in [9.17, 15) is 36.3 Å². The van der Waals surface area contributed by atoms with E-state index in [-0.39, 0.29) is 42.6 Å². The van der Waals surface area contributed by atoms with Crippen LogP contribution in [0.3, 0.4) is 0 Å². The molecule has 0 saturated carbocycles. The lowest BCUT2D eigenvalue weighted by atomic mass is 9.99. The van der Waals surface area contributed by atoms with Crippen molar-refractivity contribution in [1.82, 2.24) is 9.21 Å². The van der Waals surface area contributed by atoms with Gasteiger partial charge in [0.25, 0.3) is 5.91 Å². The van der Waals surface area contributed by atoms with Crippen LogP contribution in [0, 0.1) is 5.92 Å². The zero-order valence-corrected chi connectivity index (χ0v) is 20.2. The first-order valence-corrected chi connectivity index (χ1v) is 12.5. The van der Waals surface area contributed by atoms with Crippen LogP contribution in [0.2, 0.25) is 0 Å². The van der Waals surface area contributed by atoms with Crippen LogP contribution in [-0.2, 0) is 14.8 Å². The van der Waals surface area contributed by atoms with E-state index in [2.05, 4.69) is 5.32 Å². The molecule has 0 bridgehead atoms. The van der Waals surface area contributed by atoms with E-state index in [0.29, 0.717) is 0 Å².